The quantitative estimate of drug-likeness (QED) is 0.874. The highest BCUT2D eigenvalue weighted by Gasteiger charge is 2.47. The summed E-state index contributed by atoms with van der Waals surface area (Å²) in [6, 6.07) is 7.96. The maximum absolute atomic E-state index is 12.6. The standard InChI is InChI=1S/C20H29N3O2S/c1-4-16-5-7-17(8-6-16)21-19(25)22-11-9-20(10-12-22)23(13-14-26-20)18(24)15(2)3/h5-8,15H,4,9-14H2,1-3H3,(H,21,25). The second kappa shape index (κ2) is 7.91. The van der Waals surface area contributed by atoms with Gasteiger partial charge in [0.25, 0.3) is 0 Å². The maximum Gasteiger partial charge on any atom is 0.321 e. The molecule has 0 atom stereocenters. The van der Waals surface area contributed by atoms with Gasteiger partial charge in [-0.3, -0.25) is 4.79 Å². The van der Waals surface area contributed by atoms with E-state index in [9.17, 15) is 9.59 Å². The number of hydrogen-bond acceptors (Lipinski definition) is 3. The molecule has 2 heterocycles. The number of carbonyl (C=O) groups excluding carboxylic acids is 2. The summed E-state index contributed by atoms with van der Waals surface area (Å²) in [4.78, 5) is 29.0. The summed E-state index contributed by atoms with van der Waals surface area (Å²) in [5, 5.41) is 2.99. The van der Waals surface area contributed by atoms with E-state index in [1.807, 2.05) is 54.8 Å². The molecular formula is C20H29N3O2S. The molecular weight excluding hydrogens is 346 g/mol. The van der Waals surface area contributed by atoms with Crippen LogP contribution in [0.15, 0.2) is 24.3 Å². The van der Waals surface area contributed by atoms with Crippen molar-refractivity contribution in [3.8, 4) is 0 Å². The van der Waals surface area contributed by atoms with E-state index in [1.54, 1.807) is 0 Å². The summed E-state index contributed by atoms with van der Waals surface area (Å²) >= 11 is 1.89. The van der Waals surface area contributed by atoms with Crippen molar-refractivity contribution in [1.82, 2.24) is 9.80 Å². The Balaban J connectivity index is 1.58. The molecule has 3 amide bonds. The number of hydrogen-bond donors (Lipinski definition) is 1. The van der Waals surface area contributed by atoms with Crippen LogP contribution in [0.2, 0.25) is 0 Å². The van der Waals surface area contributed by atoms with Gasteiger partial charge in [0.1, 0.15) is 0 Å². The van der Waals surface area contributed by atoms with Crippen molar-refractivity contribution in [3.63, 3.8) is 0 Å². The molecule has 1 spiro atoms. The molecule has 0 aromatic heterocycles. The second-order valence-corrected chi connectivity index (χ2v) is 8.86. The van der Waals surface area contributed by atoms with Crippen molar-refractivity contribution >= 4 is 29.4 Å². The summed E-state index contributed by atoms with van der Waals surface area (Å²) in [6.45, 7) is 8.25. The van der Waals surface area contributed by atoms with Crippen molar-refractivity contribution in [3.05, 3.63) is 29.8 Å². The minimum Gasteiger partial charge on any atom is -0.327 e. The summed E-state index contributed by atoms with van der Waals surface area (Å²) < 4.78 is 0. The second-order valence-electron chi connectivity index (χ2n) is 7.41. The lowest BCUT2D eigenvalue weighted by Crippen LogP contribution is -2.55. The molecule has 6 heteroatoms. The number of anilines is 1. The van der Waals surface area contributed by atoms with Gasteiger partial charge in [0, 0.05) is 37.0 Å². The van der Waals surface area contributed by atoms with Crippen molar-refractivity contribution in [2.75, 3.05) is 30.7 Å². The van der Waals surface area contributed by atoms with Gasteiger partial charge in [-0.15, -0.1) is 11.8 Å². The van der Waals surface area contributed by atoms with Gasteiger partial charge < -0.3 is 15.1 Å². The molecule has 0 radical (unpaired) electrons. The number of nitrogens with one attached hydrogen (secondary N) is 1. The first-order chi connectivity index (χ1) is 12.4. The van der Waals surface area contributed by atoms with E-state index in [2.05, 4.69) is 17.1 Å². The Morgan fingerprint density at radius 3 is 2.38 bits per heavy atom. The first-order valence-electron chi connectivity index (χ1n) is 9.55. The number of thioether (sulfide) groups is 1. The highest BCUT2D eigenvalue weighted by molar-refractivity contribution is 8.00. The van der Waals surface area contributed by atoms with Gasteiger partial charge in [0.05, 0.1) is 4.87 Å². The van der Waals surface area contributed by atoms with Crippen molar-refractivity contribution < 1.29 is 9.59 Å². The summed E-state index contributed by atoms with van der Waals surface area (Å²) in [7, 11) is 0. The zero-order valence-corrected chi connectivity index (χ0v) is 16.8. The molecule has 0 aliphatic carbocycles. The average Bonchev–Trinajstić information content (AvgIpc) is 3.05. The van der Waals surface area contributed by atoms with E-state index in [0.29, 0.717) is 13.1 Å². The molecule has 2 aliphatic rings. The van der Waals surface area contributed by atoms with Crippen LogP contribution in [-0.2, 0) is 11.2 Å². The van der Waals surface area contributed by atoms with Crippen LogP contribution in [0.5, 0.6) is 0 Å². The number of nitrogens with zero attached hydrogens (tertiary/aromatic N) is 2. The van der Waals surface area contributed by atoms with E-state index in [-0.39, 0.29) is 22.7 Å². The predicted octanol–water partition coefficient (Wildman–Crippen LogP) is 3.80. The van der Waals surface area contributed by atoms with Crippen LogP contribution in [0.4, 0.5) is 10.5 Å². The number of amides is 3. The number of piperidine rings is 1. The molecule has 0 unspecified atom stereocenters. The fourth-order valence-corrected chi connectivity index (χ4v) is 5.19. The van der Waals surface area contributed by atoms with Crippen LogP contribution >= 0.6 is 11.8 Å². The van der Waals surface area contributed by atoms with Crippen LogP contribution in [-0.4, -0.2) is 52.0 Å². The summed E-state index contributed by atoms with van der Waals surface area (Å²) in [5.74, 6) is 1.26. The lowest BCUT2D eigenvalue weighted by molar-refractivity contribution is -0.137. The SMILES string of the molecule is CCc1ccc(NC(=O)N2CCC3(CC2)SCCN3C(=O)C(C)C)cc1. The molecule has 3 rings (SSSR count). The van der Waals surface area contributed by atoms with Crippen molar-refractivity contribution in [2.24, 2.45) is 5.92 Å². The van der Waals surface area contributed by atoms with E-state index in [4.69, 9.17) is 0 Å². The molecule has 5 nitrogen and oxygen atoms in total. The molecule has 142 valence electrons. The fraction of sp³-hybridized carbons (Fsp3) is 0.600. The lowest BCUT2D eigenvalue weighted by Gasteiger charge is -2.44. The number of benzene rings is 1. The Hall–Kier alpha value is -1.69. The Kier molecular flexibility index (Phi) is 5.80. The molecule has 1 N–H and O–H groups in total. The zero-order valence-electron chi connectivity index (χ0n) is 16.0. The van der Waals surface area contributed by atoms with Crippen LogP contribution < -0.4 is 5.32 Å². The fourth-order valence-electron chi connectivity index (χ4n) is 3.73. The van der Waals surface area contributed by atoms with Crippen LogP contribution in [0.3, 0.4) is 0 Å². The molecule has 2 saturated heterocycles. The Morgan fingerprint density at radius 1 is 1.15 bits per heavy atom. The van der Waals surface area contributed by atoms with E-state index in [1.165, 1.54) is 5.56 Å². The van der Waals surface area contributed by atoms with Gasteiger partial charge in [-0.1, -0.05) is 32.9 Å². The number of rotatable bonds is 3. The first kappa shape index (κ1) is 19.1. The molecule has 1 aromatic rings. The van der Waals surface area contributed by atoms with Crippen LogP contribution in [0, 0.1) is 5.92 Å². The van der Waals surface area contributed by atoms with Gasteiger partial charge in [0.15, 0.2) is 0 Å². The number of likely N-dealkylation sites (tertiary alicyclic amines) is 1. The van der Waals surface area contributed by atoms with E-state index < -0.39 is 0 Å². The Morgan fingerprint density at radius 2 is 1.81 bits per heavy atom. The van der Waals surface area contributed by atoms with Crippen molar-refractivity contribution in [1.29, 1.82) is 0 Å². The predicted molar refractivity (Wildman–Crippen MR) is 107 cm³/mol. The number of aryl methyl sites for hydroxylation is 1. The number of carbonyl (C=O) groups is 2. The minimum atomic E-state index is -0.110. The third-order valence-corrected chi connectivity index (χ3v) is 6.94. The third kappa shape index (κ3) is 3.85. The maximum atomic E-state index is 12.6. The smallest absolute Gasteiger partial charge is 0.321 e. The third-order valence-electron chi connectivity index (χ3n) is 5.38. The van der Waals surface area contributed by atoms with Gasteiger partial charge in [-0.05, 0) is 37.0 Å². The van der Waals surface area contributed by atoms with Gasteiger partial charge in [0.2, 0.25) is 5.91 Å². The van der Waals surface area contributed by atoms with Gasteiger partial charge >= 0.3 is 6.03 Å². The normalized spacial score (nSPS) is 19.2. The molecule has 26 heavy (non-hydrogen) atoms. The van der Waals surface area contributed by atoms with Crippen LogP contribution in [0.25, 0.3) is 0 Å². The molecule has 1 aromatic carbocycles. The highest BCUT2D eigenvalue weighted by atomic mass is 32.2. The monoisotopic (exact) mass is 375 g/mol. The lowest BCUT2D eigenvalue weighted by atomic mass is 10.0. The Labute approximate surface area is 160 Å². The number of urea groups is 1. The van der Waals surface area contributed by atoms with Crippen molar-refractivity contribution in [2.45, 2.75) is 44.9 Å². The zero-order chi connectivity index (χ0) is 18.7. The molecule has 0 bridgehead atoms. The summed E-state index contributed by atoms with van der Waals surface area (Å²) in [5.41, 5.74) is 2.09. The molecule has 2 fully saturated rings. The average molecular weight is 376 g/mol. The molecule has 2 aliphatic heterocycles. The van der Waals surface area contributed by atoms with Gasteiger partial charge in [-0.2, -0.15) is 0 Å². The van der Waals surface area contributed by atoms with Gasteiger partial charge in [-0.25, -0.2) is 4.79 Å². The first-order valence-corrected chi connectivity index (χ1v) is 10.5. The van der Waals surface area contributed by atoms with Crippen LogP contribution in [0.1, 0.15) is 39.2 Å². The highest BCUT2D eigenvalue weighted by Crippen LogP contribution is 2.44. The topological polar surface area (TPSA) is 52.7 Å². The molecule has 0 saturated carbocycles. The minimum absolute atomic E-state index is 0.0259. The van der Waals surface area contributed by atoms with E-state index >= 15 is 0 Å². The Bertz CT molecular complexity index is 652. The van der Waals surface area contributed by atoms with E-state index in [0.717, 1.165) is 37.2 Å². The summed E-state index contributed by atoms with van der Waals surface area (Å²) in [6.07, 6.45) is 2.68. The largest absolute Gasteiger partial charge is 0.327 e.